The Morgan fingerprint density at radius 3 is 2.07 bits per heavy atom. The van der Waals surface area contributed by atoms with Gasteiger partial charge in [-0.05, 0) is 13.8 Å². The maximum atomic E-state index is 12.2. The third kappa shape index (κ3) is 2.40. The highest BCUT2D eigenvalue weighted by molar-refractivity contribution is 7.89. The number of nitrogens with zero attached hydrogens (tertiary/aromatic N) is 1. The number of alkyl halides is 2. The zero-order valence-corrected chi connectivity index (χ0v) is 8.89. The van der Waals surface area contributed by atoms with Crippen LogP contribution in [-0.4, -0.2) is 43.7 Å². The molecule has 1 fully saturated rings. The average Bonchev–Trinajstić information content (AvgIpc) is 2.01. The smallest absolute Gasteiger partial charge is 0.309 e. The predicted octanol–water partition coefficient (Wildman–Crippen LogP) is 0.221. The normalized spacial score (nSPS) is 30.9. The lowest BCUT2D eigenvalue weighted by Gasteiger charge is -2.34. The maximum absolute atomic E-state index is 12.2. The summed E-state index contributed by atoms with van der Waals surface area (Å²) in [5.74, 6) is -3.32. The van der Waals surface area contributed by atoms with Gasteiger partial charge in [-0.15, -0.1) is 0 Å². The quantitative estimate of drug-likeness (QED) is 0.735. The Bertz CT molecular complexity index is 284. The van der Waals surface area contributed by atoms with Gasteiger partial charge in [-0.2, -0.15) is 13.1 Å². The van der Waals surface area contributed by atoms with E-state index in [2.05, 4.69) is 5.32 Å². The second kappa shape index (κ2) is 4.08. The molecule has 1 aliphatic heterocycles. The summed E-state index contributed by atoms with van der Waals surface area (Å²) in [5, 5.41) is 3.07. The molecule has 1 aliphatic rings. The van der Waals surface area contributed by atoms with Gasteiger partial charge in [-0.1, -0.05) is 0 Å². The van der Waals surface area contributed by atoms with Crippen LogP contribution in [0.25, 0.3) is 0 Å². The highest BCUT2D eigenvalue weighted by atomic mass is 32.2. The van der Waals surface area contributed by atoms with Gasteiger partial charge in [0.2, 0.25) is 0 Å². The molecule has 2 atom stereocenters. The number of nitrogens with one attached hydrogen (secondary N) is 1. The number of halogens is 2. The summed E-state index contributed by atoms with van der Waals surface area (Å²) >= 11 is 0. The standard InChI is InChI=1S/C7H14F2N2O2S/c1-5-3-11(4-6(2)10-5)14(12,13)7(8)9/h5-7,10H,3-4H2,1-2H3. The van der Waals surface area contributed by atoms with Crippen molar-refractivity contribution >= 4 is 10.0 Å². The first kappa shape index (κ1) is 11.8. The van der Waals surface area contributed by atoms with Crippen molar-refractivity contribution in [1.82, 2.24) is 9.62 Å². The Morgan fingerprint density at radius 1 is 1.29 bits per heavy atom. The van der Waals surface area contributed by atoms with Crippen molar-refractivity contribution in [1.29, 1.82) is 0 Å². The van der Waals surface area contributed by atoms with Gasteiger partial charge in [0.05, 0.1) is 0 Å². The van der Waals surface area contributed by atoms with Gasteiger partial charge >= 0.3 is 5.76 Å². The molecule has 0 aromatic carbocycles. The van der Waals surface area contributed by atoms with Gasteiger partial charge in [-0.3, -0.25) is 0 Å². The number of piperazine rings is 1. The Balaban J connectivity index is 2.78. The molecule has 0 aliphatic carbocycles. The van der Waals surface area contributed by atoms with E-state index in [-0.39, 0.29) is 25.2 Å². The lowest BCUT2D eigenvalue weighted by atomic mass is 10.2. The van der Waals surface area contributed by atoms with Crippen molar-refractivity contribution in [2.75, 3.05) is 13.1 Å². The Labute approximate surface area is 82.3 Å². The summed E-state index contributed by atoms with van der Waals surface area (Å²) < 4.78 is 47.5. The van der Waals surface area contributed by atoms with E-state index in [1.165, 1.54) is 0 Å². The minimum absolute atomic E-state index is 0.0905. The SMILES string of the molecule is CC1CN(S(=O)(=O)C(F)F)CC(C)N1. The largest absolute Gasteiger partial charge is 0.350 e. The van der Waals surface area contributed by atoms with Crippen LogP contribution >= 0.6 is 0 Å². The molecule has 0 radical (unpaired) electrons. The molecule has 0 saturated carbocycles. The van der Waals surface area contributed by atoms with Gasteiger partial charge < -0.3 is 5.32 Å². The van der Waals surface area contributed by atoms with E-state index in [0.29, 0.717) is 0 Å². The molecular formula is C7H14F2N2O2S. The molecule has 0 spiro atoms. The van der Waals surface area contributed by atoms with Crippen molar-refractivity contribution < 1.29 is 17.2 Å². The molecular weight excluding hydrogens is 214 g/mol. The second-order valence-electron chi connectivity index (χ2n) is 3.59. The van der Waals surface area contributed by atoms with E-state index in [1.807, 2.05) is 0 Å². The lowest BCUT2D eigenvalue weighted by molar-refractivity contribution is 0.200. The number of hydrogen-bond donors (Lipinski definition) is 1. The van der Waals surface area contributed by atoms with Gasteiger partial charge in [-0.25, -0.2) is 8.42 Å². The van der Waals surface area contributed by atoms with E-state index in [1.54, 1.807) is 13.8 Å². The Hall–Kier alpha value is -0.270. The Morgan fingerprint density at radius 2 is 1.71 bits per heavy atom. The average molecular weight is 228 g/mol. The topological polar surface area (TPSA) is 49.4 Å². The number of sulfonamides is 1. The zero-order valence-electron chi connectivity index (χ0n) is 8.07. The molecule has 0 aromatic heterocycles. The molecule has 1 heterocycles. The molecule has 7 heteroatoms. The first-order chi connectivity index (χ1) is 6.34. The first-order valence-electron chi connectivity index (χ1n) is 4.37. The molecule has 1 N–H and O–H groups in total. The van der Waals surface area contributed by atoms with Crippen LogP contribution in [0.3, 0.4) is 0 Å². The highest BCUT2D eigenvalue weighted by Gasteiger charge is 2.36. The first-order valence-corrected chi connectivity index (χ1v) is 5.87. The fourth-order valence-electron chi connectivity index (χ4n) is 1.60. The van der Waals surface area contributed by atoms with Crippen LogP contribution in [0.4, 0.5) is 8.78 Å². The van der Waals surface area contributed by atoms with E-state index >= 15 is 0 Å². The molecule has 0 amide bonds. The summed E-state index contributed by atoms with van der Waals surface area (Å²) in [6, 6.07) is -0.181. The summed E-state index contributed by atoms with van der Waals surface area (Å²) in [5.41, 5.74) is 0. The molecule has 1 rings (SSSR count). The third-order valence-corrected chi connectivity index (χ3v) is 3.58. The number of hydrogen-bond acceptors (Lipinski definition) is 3. The van der Waals surface area contributed by atoms with E-state index in [0.717, 1.165) is 4.31 Å². The van der Waals surface area contributed by atoms with Crippen LogP contribution in [0.5, 0.6) is 0 Å². The van der Waals surface area contributed by atoms with Crippen LogP contribution in [0, 0.1) is 0 Å². The minimum atomic E-state index is -4.41. The number of rotatable bonds is 2. The van der Waals surface area contributed by atoms with Crippen LogP contribution in [0.2, 0.25) is 0 Å². The van der Waals surface area contributed by atoms with Crippen LogP contribution in [-0.2, 0) is 10.0 Å². The fraction of sp³-hybridized carbons (Fsp3) is 1.00. The minimum Gasteiger partial charge on any atom is -0.309 e. The molecule has 1 saturated heterocycles. The molecule has 84 valence electrons. The van der Waals surface area contributed by atoms with E-state index < -0.39 is 15.8 Å². The maximum Gasteiger partial charge on any atom is 0.350 e. The fourth-order valence-corrected chi connectivity index (χ4v) is 2.69. The molecule has 0 aromatic rings. The van der Waals surface area contributed by atoms with E-state index in [9.17, 15) is 17.2 Å². The van der Waals surface area contributed by atoms with Crippen LogP contribution in [0.15, 0.2) is 0 Å². The van der Waals surface area contributed by atoms with Gasteiger partial charge in [0, 0.05) is 25.2 Å². The van der Waals surface area contributed by atoms with Crippen molar-refractivity contribution in [3.8, 4) is 0 Å². The van der Waals surface area contributed by atoms with Crippen LogP contribution in [0.1, 0.15) is 13.8 Å². The predicted molar refractivity (Wildman–Crippen MR) is 48.6 cm³/mol. The van der Waals surface area contributed by atoms with Crippen molar-refractivity contribution in [2.24, 2.45) is 0 Å². The lowest BCUT2D eigenvalue weighted by Crippen LogP contribution is -2.56. The highest BCUT2D eigenvalue weighted by Crippen LogP contribution is 2.15. The summed E-state index contributed by atoms with van der Waals surface area (Å²) in [6.45, 7) is 3.75. The van der Waals surface area contributed by atoms with Gasteiger partial charge in [0.1, 0.15) is 0 Å². The van der Waals surface area contributed by atoms with Crippen molar-refractivity contribution in [3.63, 3.8) is 0 Å². The van der Waals surface area contributed by atoms with Gasteiger partial charge in [0.25, 0.3) is 10.0 Å². The van der Waals surface area contributed by atoms with Crippen molar-refractivity contribution in [3.05, 3.63) is 0 Å². The molecule has 4 nitrogen and oxygen atoms in total. The zero-order chi connectivity index (χ0) is 10.9. The monoisotopic (exact) mass is 228 g/mol. The molecule has 0 bridgehead atoms. The van der Waals surface area contributed by atoms with E-state index in [4.69, 9.17) is 0 Å². The summed E-state index contributed by atoms with van der Waals surface area (Å²) in [7, 11) is -4.41. The van der Waals surface area contributed by atoms with Crippen LogP contribution < -0.4 is 5.32 Å². The third-order valence-electron chi connectivity index (χ3n) is 2.11. The summed E-state index contributed by atoms with van der Waals surface area (Å²) in [4.78, 5) is 0. The summed E-state index contributed by atoms with van der Waals surface area (Å²) in [6.07, 6.45) is 0. The Kier molecular flexibility index (Phi) is 3.44. The second-order valence-corrected chi connectivity index (χ2v) is 5.49. The van der Waals surface area contributed by atoms with Crippen molar-refractivity contribution in [2.45, 2.75) is 31.7 Å². The molecule has 2 unspecified atom stereocenters. The van der Waals surface area contributed by atoms with Gasteiger partial charge in [0.15, 0.2) is 0 Å². The molecule has 14 heavy (non-hydrogen) atoms.